The number of aromatic nitrogens is 3. The first-order chi connectivity index (χ1) is 7.65. The second kappa shape index (κ2) is 4.76. The number of thiazole rings is 1. The highest BCUT2D eigenvalue weighted by atomic mass is 32.2. The van der Waals surface area contributed by atoms with Gasteiger partial charge in [0.25, 0.3) is 0 Å². The largest absolute Gasteiger partial charge is 0.476 e. The van der Waals surface area contributed by atoms with Gasteiger partial charge in [0.15, 0.2) is 4.34 Å². The molecule has 2 heterocycles. The van der Waals surface area contributed by atoms with E-state index < -0.39 is 5.97 Å². The molecule has 0 radical (unpaired) electrons. The van der Waals surface area contributed by atoms with Crippen LogP contribution < -0.4 is 5.73 Å². The van der Waals surface area contributed by atoms with E-state index in [0.29, 0.717) is 10.9 Å². The predicted molar refractivity (Wildman–Crippen MR) is 63.0 cm³/mol. The van der Waals surface area contributed by atoms with Crippen LogP contribution in [0.2, 0.25) is 0 Å². The van der Waals surface area contributed by atoms with Crippen molar-refractivity contribution >= 4 is 45.5 Å². The minimum atomic E-state index is -0.999. The SMILES string of the molecule is Nc1nnc(SCc2csc(C(=O)O)n2)s1. The minimum absolute atomic E-state index is 0.104. The number of anilines is 1. The van der Waals surface area contributed by atoms with E-state index in [4.69, 9.17) is 10.8 Å². The maximum atomic E-state index is 10.6. The molecule has 3 N–H and O–H groups in total. The highest BCUT2D eigenvalue weighted by Gasteiger charge is 2.10. The van der Waals surface area contributed by atoms with Gasteiger partial charge >= 0.3 is 5.97 Å². The first-order valence-corrected chi connectivity index (χ1v) is 6.73. The van der Waals surface area contributed by atoms with Gasteiger partial charge in [0, 0.05) is 11.1 Å². The van der Waals surface area contributed by atoms with Gasteiger partial charge in [0.05, 0.1) is 5.69 Å². The molecule has 0 bridgehead atoms. The number of carboxylic acids is 1. The number of nitrogens with zero attached hydrogens (tertiary/aromatic N) is 3. The van der Waals surface area contributed by atoms with Gasteiger partial charge in [-0.05, 0) is 0 Å². The number of hydrogen-bond donors (Lipinski definition) is 2. The number of rotatable bonds is 4. The summed E-state index contributed by atoms with van der Waals surface area (Å²) in [6, 6.07) is 0. The first-order valence-electron chi connectivity index (χ1n) is 4.04. The van der Waals surface area contributed by atoms with E-state index in [1.54, 1.807) is 5.38 Å². The zero-order valence-corrected chi connectivity index (χ0v) is 10.2. The maximum absolute atomic E-state index is 10.6. The Bertz CT molecular complexity index is 509. The van der Waals surface area contributed by atoms with Crippen molar-refractivity contribution in [2.75, 3.05) is 5.73 Å². The highest BCUT2D eigenvalue weighted by Crippen LogP contribution is 2.27. The molecular formula is C7H6N4O2S3. The van der Waals surface area contributed by atoms with E-state index in [1.807, 2.05) is 0 Å². The number of carbonyl (C=O) groups is 1. The molecule has 2 rings (SSSR count). The zero-order valence-electron chi connectivity index (χ0n) is 7.78. The Kier molecular flexibility index (Phi) is 3.36. The van der Waals surface area contributed by atoms with Crippen molar-refractivity contribution in [3.05, 3.63) is 16.1 Å². The Morgan fingerprint density at radius 1 is 1.56 bits per heavy atom. The number of thioether (sulfide) groups is 1. The van der Waals surface area contributed by atoms with Gasteiger partial charge in [0.1, 0.15) is 0 Å². The summed E-state index contributed by atoms with van der Waals surface area (Å²) in [5, 5.41) is 18.5. The highest BCUT2D eigenvalue weighted by molar-refractivity contribution is 8.00. The maximum Gasteiger partial charge on any atom is 0.365 e. The fourth-order valence-electron chi connectivity index (χ4n) is 0.886. The van der Waals surface area contributed by atoms with Crippen LogP contribution in [0.3, 0.4) is 0 Å². The molecule has 0 aliphatic rings. The lowest BCUT2D eigenvalue weighted by Gasteiger charge is -1.91. The van der Waals surface area contributed by atoms with Crippen LogP contribution in [-0.4, -0.2) is 26.3 Å². The Labute approximate surface area is 103 Å². The van der Waals surface area contributed by atoms with E-state index in [9.17, 15) is 4.79 Å². The molecule has 0 unspecified atom stereocenters. The van der Waals surface area contributed by atoms with Crippen molar-refractivity contribution in [1.29, 1.82) is 0 Å². The molecule has 0 aliphatic carbocycles. The smallest absolute Gasteiger partial charge is 0.365 e. The van der Waals surface area contributed by atoms with Crippen LogP contribution >= 0.6 is 34.4 Å². The summed E-state index contributed by atoms with van der Waals surface area (Å²) in [6.45, 7) is 0. The summed E-state index contributed by atoms with van der Waals surface area (Å²) >= 11 is 3.85. The Balaban J connectivity index is 1.97. The average molecular weight is 274 g/mol. The second-order valence-corrected chi connectivity index (χ2v) is 5.73. The van der Waals surface area contributed by atoms with E-state index >= 15 is 0 Å². The molecule has 2 aromatic rings. The Hall–Kier alpha value is -1.19. The van der Waals surface area contributed by atoms with Crippen LogP contribution in [0.15, 0.2) is 9.72 Å². The van der Waals surface area contributed by atoms with Crippen LogP contribution in [-0.2, 0) is 5.75 Å². The third-order valence-electron chi connectivity index (χ3n) is 1.50. The van der Waals surface area contributed by atoms with Crippen LogP contribution in [0.1, 0.15) is 15.5 Å². The third kappa shape index (κ3) is 2.68. The van der Waals surface area contributed by atoms with Gasteiger partial charge in [-0.1, -0.05) is 23.1 Å². The molecule has 16 heavy (non-hydrogen) atoms. The molecule has 9 heteroatoms. The van der Waals surface area contributed by atoms with Crippen molar-refractivity contribution in [2.24, 2.45) is 0 Å². The van der Waals surface area contributed by atoms with Crippen LogP contribution in [0, 0.1) is 0 Å². The van der Waals surface area contributed by atoms with Gasteiger partial charge < -0.3 is 10.8 Å². The number of hydrogen-bond acceptors (Lipinski definition) is 8. The fraction of sp³-hybridized carbons (Fsp3) is 0.143. The van der Waals surface area contributed by atoms with Gasteiger partial charge in [-0.15, -0.1) is 21.5 Å². The molecule has 0 aliphatic heterocycles. The fourth-order valence-corrected chi connectivity index (χ4v) is 3.17. The number of nitrogens with two attached hydrogens (primary N) is 1. The van der Waals surface area contributed by atoms with Crippen molar-refractivity contribution in [3.63, 3.8) is 0 Å². The van der Waals surface area contributed by atoms with Crippen molar-refractivity contribution in [3.8, 4) is 0 Å². The topological polar surface area (TPSA) is 102 Å². The molecule has 2 aromatic heterocycles. The van der Waals surface area contributed by atoms with E-state index in [0.717, 1.165) is 21.4 Å². The normalized spacial score (nSPS) is 10.5. The zero-order chi connectivity index (χ0) is 11.5. The van der Waals surface area contributed by atoms with Gasteiger partial charge in [0.2, 0.25) is 10.1 Å². The summed E-state index contributed by atoms with van der Waals surface area (Å²) in [5.41, 5.74) is 6.15. The number of nitrogen functional groups attached to an aromatic ring is 1. The molecule has 0 saturated heterocycles. The van der Waals surface area contributed by atoms with Gasteiger partial charge in [-0.25, -0.2) is 9.78 Å². The lowest BCUT2D eigenvalue weighted by Crippen LogP contribution is -1.94. The molecule has 84 valence electrons. The molecular weight excluding hydrogens is 268 g/mol. The lowest BCUT2D eigenvalue weighted by atomic mass is 10.6. The third-order valence-corrected chi connectivity index (χ3v) is 4.30. The molecule has 0 spiro atoms. The summed E-state index contributed by atoms with van der Waals surface area (Å²) in [6.07, 6.45) is 0. The summed E-state index contributed by atoms with van der Waals surface area (Å²) in [5.74, 6) is -0.431. The molecule has 0 fully saturated rings. The predicted octanol–water partition coefficient (Wildman–Crippen LogP) is 1.57. The van der Waals surface area contributed by atoms with Crippen molar-refractivity contribution in [2.45, 2.75) is 10.1 Å². The van der Waals surface area contributed by atoms with E-state index in [-0.39, 0.29) is 5.01 Å². The molecule has 0 aromatic carbocycles. The molecule has 0 saturated carbocycles. The molecule has 6 nitrogen and oxygen atoms in total. The monoisotopic (exact) mass is 274 g/mol. The number of aromatic carboxylic acids is 1. The van der Waals surface area contributed by atoms with Crippen molar-refractivity contribution in [1.82, 2.24) is 15.2 Å². The van der Waals surface area contributed by atoms with Crippen LogP contribution in [0.25, 0.3) is 0 Å². The van der Waals surface area contributed by atoms with Gasteiger partial charge in [-0.3, -0.25) is 0 Å². The van der Waals surface area contributed by atoms with Crippen LogP contribution in [0.4, 0.5) is 5.13 Å². The standard InChI is InChI=1S/C7H6N4O2S3/c8-6-10-11-7(16-6)15-2-3-1-14-4(9-3)5(12)13/h1H,2H2,(H2,8,10)(H,12,13). The van der Waals surface area contributed by atoms with Crippen LogP contribution in [0.5, 0.6) is 0 Å². The summed E-state index contributed by atoms with van der Waals surface area (Å²) in [4.78, 5) is 14.6. The number of carboxylic acid groups (broad SMARTS) is 1. The van der Waals surface area contributed by atoms with E-state index in [2.05, 4.69) is 15.2 Å². The Morgan fingerprint density at radius 3 is 2.94 bits per heavy atom. The minimum Gasteiger partial charge on any atom is -0.476 e. The molecule has 0 amide bonds. The first kappa shape index (κ1) is 11.3. The summed E-state index contributed by atoms with van der Waals surface area (Å²) < 4.78 is 0.752. The van der Waals surface area contributed by atoms with Gasteiger partial charge in [-0.2, -0.15) is 0 Å². The van der Waals surface area contributed by atoms with Crippen molar-refractivity contribution < 1.29 is 9.90 Å². The second-order valence-electron chi connectivity index (χ2n) is 2.64. The average Bonchev–Trinajstić information content (AvgIpc) is 2.83. The summed E-state index contributed by atoms with van der Waals surface area (Å²) in [7, 11) is 0. The Morgan fingerprint density at radius 2 is 2.38 bits per heavy atom. The molecule has 0 atom stereocenters. The lowest BCUT2D eigenvalue weighted by molar-refractivity contribution is 0.0696. The quantitative estimate of drug-likeness (QED) is 0.816. The van der Waals surface area contributed by atoms with E-state index in [1.165, 1.54) is 23.1 Å².